The van der Waals surface area contributed by atoms with Gasteiger partial charge >= 0.3 is 0 Å². The molecule has 2 aromatic carbocycles. The number of amides is 1. The number of rotatable bonds is 3. The fourth-order valence-corrected chi connectivity index (χ4v) is 4.92. The number of hydrogen-bond donors (Lipinski definition) is 0. The van der Waals surface area contributed by atoms with Crippen molar-refractivity contribution in [3.63, 3.8) is 0 Å². The SMILES string of the molecule is CC(C)(C)CC(=O)N1CC2(CCN(Cc3ccc(C#N)cc3)CC2)c2cc(F)ccc21. The molecule has 1 spiro atoms. The number of anilines is 1. The van der Waals surface area contributed by atoms with Gasteiger partial charge in [0.1, 0.15) is 5.82 Å². The van der Waals surface area contributed by atoms with Gasteiger partial charge < -0.3 is 4.90 Å². The Morgan fingerprint density at radius 3 is 2.42 bits per heavy atom. The van der Waals surface area contributed by atoms with Crippen LogP contribution < -0.4 is 4.90 Å². The summed E-state index contributed by atoms with van der Waals surface area (Å²) in [6.07, 6.45) is 2.28. The molecule has 1 fully saturated rings. The normalized spacial score (nSPS) is 18.1. The number of carbonyl (C=O) groups excluding carboxylic acids is 1. The molecule has 0 N–H and O–H groups in total. The first-order valence-electron chi connectivity index (χ1n) is 11.0. The Morgan fingerprint density at radius 2 is 1.81 bits per heavy atom. The molecule has 5 heteroatoms. The summed E-state index contributed by atoms with van der Waals surface area (Å²) < 4.78 is 14.2. The van der Waals surface area contributed by atoms with Gasteiger partial charge in [-0.3, -0.25) is 9.69 Å². The van der Waals surface area contributed by atoms with Crippen LogP contribution in [0, 0.1) is 22.6 Å². The summed E-state index contributed by atoms with van der Waals surface area (Å²) >= 11 is 0. The highest BCUT2D eigenvalue weighted by atomic mass is 19.1. The molecule has 162 valence electrons. The van der Waals surface area contributed by atoms with Crippen LogP contribution in [-0.2, 0) is 16.8 Å². The van der Waals surface area contributed by atoms with Crippen LogP contribution >= 0.6 is 0 Å². The van der Waals surface area contributed by atoms with E-state index in [0.29, 0.717) is 18.5 Å². The van der Waals surface area contributed by atoms with E-state index in [0.717, 1.165) is 43.7 Å². The number of carbonyl (C=O) groups is 1. The van der Waals surface area contributed by atoms with Gasteiger partial charge in [0.25, 0.3) is 0 Å². The predicted molar refractivity (Wildman–Crippen MR) is 120 cm³/mol. The number of piperidine rings is 1. The molecule has 4 rings (SSSR count). The predicted octanol–water partition coefficient (Wildman–Crippen LogP) is 5.01. The van der Waals surface area contributed by atoms with Gasteiger partial charge in [-0.2, -0.15) is 5.26 Å². The molecule has 2 heterocycles. The molecular formula is C26H30FN3O. The van der Waals surface area contributed by atoms with Crippen LogP contribution in [0.3, 0.4) is 0 Å². The van der Waals surface area contributed by atoms with E-state index in [1.54, 1.807) is 12.1 Å². The third-order valence-corrected chi connectivity index (χ3v) is 6.57. The Bertz CT molecular complexity index is 1010. The molecule has 1 amide bonds. The van der Waals surface area contributed by atoms with Crippen LogP contribution in [0.4, 0.5) is 10.1 Å². The summed E-state index contributed by atoms with van der Waals surface area (Å²) in [5, 5.41) is 8.98. The average Bonchev–Trinajstić information content (AvgIpc) is 3.03. The number of nitrogens with zero attached hydrogens (tertiary/aromatic N) is 3. The lowest BCUT2D eigenvalue weighted by Gasteiger charge is -2.40. The van der Waals surface area contributed by atoms with Gasteiger partial charge in [-0.05, 0) is 72.8 Å². The summed E-state index contributed by atoms with van der Waals surface area (Å²) in [7, 11) is 0. The smallest absolute Gasteiger partial charge is 0.227 e. The van der Waals surface area contributed by atoms with Gasteiger partial charge in [-0.1, -0.05) is 32.9 Å². The van der Waals surface area contributed by atoms with Crippen LogP contribution in [0.2, 0.25) is 0 Å². The summed E-state index contributed by atoms with van der Waals surface area (Å²) in [6, 6.07) is 14.8. The average molecular weight is 420 g/mol. The first-order valence-corrected chi connectivity index (χ1v) is 11.0. The third kappa shape index (κ3) is 4.50. The quantitative estimate of drug-likeness (QED) is 0.702. The molecule has 0 atom stereocenters. The lowest BCUT2D eigenvalue weighted by molar-refractivity contribution is -0.120. The molecule has 31 heavy (non-hydrogen) atoms. The van der Waals surface area contributed by atoms with Crippen molar-refractivity contribution in [2.24, 2.45) is 5.41 Å². The summed E-state index contributed by atoms with van der Waals surface area (Å²) in [6.45, 7) is 9.50. The minimum atomic E-state index is -0.233. The van der Waals surface area contributed by atoms with Crippen molar-refractivity contribution in [1.82, 2.24) is 4.90 Å². The fourth-order valence-electron chi connectivity index (χ4n) is 4.92. The first-order chi connectivity index (χ1) is 14.7. The lowest BCUT2D eigenvalue weighted by Crippen LogP contribution is -2.46. The number of fused-ring (bicyclic) bond motifs is 2. The van der Waals surface area contributed by atoms with Gasteiger partial charge in [-0.15, -0.1) is 0 Å². The van der Waals surface area contributed by atoms with Crippen LogP contribution in [0.5, 0.6) is 0 Å². The highest BCUT2D eigenvalue weighted by Gasteiger charge is 2.46. The Balaban J connectivity index is 1.51. The van der Waals surface area contributed by atoms with E-state index in [9.17, 15) is 9.18 Å². The minimum absolute atomic E-state index is 0.0858. The molecule has 0 aliphatic carbocycles. The second-order valence-corrected chi connectivity index (χ2v) is 10.2. The zero-order valence-electron chi connectivity index (χ0n) is 18.6. The maximum Gasteiger partial charge on any atom is 0.227 e. The molecule has 2 aromatic rings. The molecule has 0 radical (unpaired) electrons. The van der Waals surface area contributed by atoms with Crippen LogP contribution in [-0.4, -0.2) is 30.4 Å². The standard InChI is InChI=1S/C26H30FN3O/c1-25(2,3)15-24(31)30-18-26(22-14-21(27)8-9-23(22)30)10-12-29(13-11-26)17-20-6-4-19(16-28)5-7-20/h4-9,14H,10-13,15,17-18H2,1-3H3. The molecule has 0 aromatic heterocycles. The molecule has 0 bridgehead atoms. The second kappa shape index (κ2) is 8.09. The molecule has 0 unspecified atom stereocenters. The topological polar surface area (TPSA) is 47.3 Å². The largest absolute Gasteiger partial charge is 0.311 e. The Morgan fingerprint density at radius 1 is 1.13 bits per heavy atom. The summed E-state index contributed by atoms with van der Waals surface area (Å²) in [5.41, 5.74) is 3.48. The second-order valence-electron chi connectivity index (χ2n) is 10.2. The number of nitriles is 1. The highest BCUT2D eigenvalue weighted by molar-refractivity contribution is 5.96. The number of hydrogen-bond acceptors (Lipinski definition) is 3. The van der Waals surface area contributed by atoms with Crippen LogP contribution in [0.15, 0.2) is 42.5 Å². The molecule has 2 aliphatic rings. The van der Waals surface area contributed by atoms with Crippen molar-refractivity contribution in [2.45, 2.75) is 52.0 Å². The van der Waals surface area contributed by atoms with E-state index in [1.165, 1.54) is 11.6 Å². The van der Waals surface area contributed by atoms with Crippen molar-refractivity contribution in [1.29, 1.82) is 5.26 Å². The van der Waals surface area contributed by atoms with Crippen molar-refractivity contribution in [3.05, 3.63) is 65.0 Å². The molecule has 2 aliphatic heterocycles. The number of halogens is 1. The van der Waals surface area contributed by atoms with E-state index in [-0.39, 0.29) is 22.6 Å². The van der Waals surface area contributed by atoms with E-state index in [2.05, 4.69) is 31.7 Å². The van der Waals surface area contributed by atoms with E-state index in [1.807, 2.05) is 29.2 Å². The van der Waals surface area contributed by atoms with Crippen molar-refractivity contribution >= 4 is 11.6 Å². The van der Waals surface area contributed by atoms with Crippen LogP contribution in [0.1, 0.15) is 56.7 Å². The van der Waals surface area contributed by atoms with Gasteiger partial charge in [0.2, 0.25) is 5.91 Å². The monoisotopic (exact) mass is 419 g/mol. The zero-order chi connectivity index (χ0) is 22.2. The Kier molecular flexibility index (Phi) is 5.61. The third-order valence-electron chi connectivity index (χ3n) is 6.57. The van der Waals surface area contributed by atoms with Crippen molar-refractivity contribution < 1.29 is 9.18 Å². The Labute approximate surface area is 184 Å². The minimum Gasteiger partial charge on any atom is -0.311 e. The lowest BCUT2D eigenvalue weighted by atomic mass is 9.74. The summed E-state index contributed by atoms with van der Waals surface area (Å²) in [4.78, 5) is 17.4. The van der Waals surface area contributed by atoms with Crippen LogP contribution in [0.25, 0.3) is 0 Å². The number of likely N-dealkylation sites (tertiary alicyclic amines) is 1. The molecule has 0 saturated carbocycles. The summed E-state index contributed by atoms with van der Waals surface area (Å²) in [5.74, 6) is -0.111. The highest BCUT2D eigenvalue weighted by Crippen LogP contribution is 2.48. The fraction of sp³-hybridized carbons (Fsp3) is 0.462. The van der Waals surface area contributed by atoms with Crippen molar-refractivity contribution in [3.8, 4) is 6.07 Å². The first kappa shape index (κ1) is 21.5. The molecular weight excluding hydrogens is 389 g/mol. The van der Waals surface area contributed by atoms with Gasteiger partial charge in [0.05, 0.1) is 11.6 Å². The van der Waals surface area contributed by atoms with E-state index in [4.69, 9.17) is 5.26 Å². The van der Waals surface area contributed by atoms with E-state index >= 15 is 0 Å². The van der Waals surface area contributed by atoms with E-state index < -0.39 is 0 Å². The molecule has 4 nitrogen and oxygen atoms in total. The maximum atomic E-state index is 14.2. The maximum absolute atomic E-state index is 14.2. The zero-order valence-corrected chi connectivity index (χ0v) is 18.6. The van der Waals surface area contributed by atoms with Gasteiger partial charge in [0.15, 0.2) is 0 Å². The molecule has 1 saturated heterocycles. The number of benzene rings is 2. The van der Waals surface area contributed by atoms with Gasteiger partial charge in [0, 0.05) is 30.6 Å². The Hall–Kier alpha value is -2.71. The van der Waals surface area contributed by atoms with Crippen molar-refractivity contribution in [2.75, 3.05) is 24.5 Å². The van der Waals surface area contributed by atoms with Gasteiger partial charge in [-0.25, -0.2) is 4.39 Å².